The third-order valence-corrected chi connectivity index (χ3v) is 4.95. The van der Waals surface area contributed by atoms with Crippen molar-refractivity contribution < 1.29 is 9.53 Å². The quantitative estimate of drug-likeness (QED) is 0.537. The van der Waals surface area contributed by atoms with E-state index in [2.05, 4.69) is 49.6 Å². The number of fused-ring (bicyclic) bond motifs is 1. The Bertz CT molecular complexity index is 950. The zero-order chi connectivity index (χ0) is 18.8. The highest BCUT2D eigenvalue weighted by Crippen LogP contribution is 2.29. The molecule has 0 saturated carbocycles. The number of aromatic nitrogens is 1. The molecule has 0 N–H and O–H groups in total. The number of hydrogen-bond acceptors (Lipinski definition) is 2. The van der Waals surface area contributed by atoms with Gasteiger partial charge in [0.15, 0.2) is 5.78 Å². The standard InChI is InChI=1S/C23H27NO2/c1-15(2)19-11-10-16(3)14-22(19)26-13-12-24-17(4)23(18(5)25)20-8-6-7-9-21(20)24/h6-11,14-15H,12-13H2,1-5H3. The summed E-state index contributed by atoms with van der Waals surface area (Å²) in [6.45, 7) is 11.4. The molecule has 0 aliphatic rings. The number of aryl methyl sites for hydroxylation is 1. The van der Waals surface area contributed by atoms with E-state index in [1.165, 1.54) is 11.1 Å². The lowest BCUT2D eigenvalue weighted by Gasteiger charge is -2.16. The molecule has 1 aromatic heterocycles. The molecule has 0 aliphatic heterocycles. The van der Waals surface area contributed by atoms with Crippen molar-refractivity contribution in [1.82, 2.24) is 4.57 Å². The van der Waals surface area contributed by atoms with E-state index in [1.807, 2.05) is 25.1 Å². The smallest absolute Gasteiger partial charge is 0.162 e. The van der Waals surface area contributed by atoms with Gasteiger partial charge in [0.25, 0.3) is 0 Å². The third kappa shape index (κ3) is 3.39. The molecule has 0 saturated heterocycles. The van der Waals surface area contributed by atoms with Crippen LogP contribution in [0.4, 0.5) is 0 Å². The first-order chi connectivity index (χ1) is 12.4. The number of Topliss-reactive ketones (excluding diaryl/α,β-unsaturated/α-hetero) is 1. The van der Waals surface area contributed by atoms with Gasteiger partial charge in [-0.25, -0.2) is 0 Å². The molecule has 0 radical (unpaired) electrons. The molecule has 3 rings (SSSR count). The van der Waals surface area contributed by atoms with Gasteiger partial charge in [-0.05, 0) is 49.9 Å². The normalized spacial score (nSPS) is 11.3. The van der Waals surface area contributed by atoms with Gasteiger partial charge in [0.2, 0.25) is 0 Å². The number of ether oxygens (including phenoxy) is 1. The van der Waals surface area contributed by atoms with Gasteiger partial charge in [0, 0.05) is 22.2 Å². The number of carbonyl (C=O) groups excluding carboxylic acids is 1. The van der Waals surface area contributed by atoms with Gasteiger partial charge >= 0.3 is 0 Å². The van der Waals surface area contributed by atoms with Crippen LogP contribution >= 0.6 is 0 Å². The number of nitrogens with zero attached hydrogens (tertiary/aromatic N) is 1. The van der Waals surface area contributed by atoms with E-state index < -0.39 is 0 Å². The van der Waals surface area contributed by atoms with Crippen molar-refractivity contribution in [3.05, 3.63) is 64.8 Å². The highest BCUT2D eigenvalue weighted by atomic mass is 16.5. The first-order valence-electron chi connectivity index (χ1n) is 9.22. The molecule has 0 atom stereocenters. The van der Waals surface area contributed by atoms with Gasteiger partial charge < -0.3 is 9.30 Å². The van der Waals surface area contributed by atoms with Crippen LogP contribution in [0.5, 0.6) is 5.75 Å². The first-order valence-corrected chi connectivity index (χ1v) is 9.22. The lowest BCUT2D eigenvalue weighted by atomic mass is 10.0. The van der Waals surface area contributed by atoms with Crippen LogP contribution in [-0.2, 0) is 6.54 Å². The average molecular weight is 349 g/mol. The molecule has 0 amide bonds. The minimum atomic E-state index is 0.110. The summed E-state index contributed by atoms with van der Waals surface area (Å²) < 4.78 is 8.34. The summed E-state index contributed by atoms with van der Waals surface area (Å²) in [6.07, 6.45) is 0. The molecule has 3 aromatic rings. The minimum absolute atomic E-state index is 0.110. The van der Waals surface area contributed by atoms with E-state index in [9.17, 15) is 4.79 Å². The maximum atomic E-state index is 12.1. The highest BCUT2D eigenvalue weighted by Gasteiger charge is 2.17. The molecule has 3 heteroatoms. The Balaban J connectivity index is 1.87. The Hall–Kier alpha value is -2.55. The fourth-order valence-corrected chi connectivity index (χ4v) is 3.65. The van der Waals surface area contributed by atoms with Crippen molar-refractivity contribution in [3.8, 4) is 5.75 Å². The van der Waals surface area contributed by atoms with Crippen LogP contribution in [0.25, 0.3) is 10.9 Å². The van der Waals surface area contributed by atoms with Crippen molar-refractivity contribution in [2.45, 2.75) is 47.1 Å². The van der Waals surface area contributed by atoms with Crippen LogP contribution in [0.2, 0.25) is 0 Å². The van der Waals surface area contributed by atoms with Crippen LogP contribution in [-0.4, -0.2) is 17.0 Å². The SMILES string of the molecule is CC(=O)c1c(C)n(CCOc2cc(C)ccc2C(C)C)c2ccccc12. The zero-order valence-corrected chi connectivity index (χ0v) is 16.3. The summed E-state index contributed by atoms with van der Waals surface area (Å²) in [4.78, 5) is 12.1. The fourth-order valence-electron chi connectivity index (χ4n) is 3.65. The van der Waals surface area contributed by atoms with Crippen molar-refractivity contribution in [2.75, 3.05) is 6.61 Å². The van der Waals surface area contributed by atoms with Crippen molar-refractivity contribution >= 4 is 16.7 Å². The molecular weight excluding hydrogens is 322 g/mol. The van der Waals surface area contributed by atoms with E-state index in [4.69, 9.17) is 4.74 Å². The Morgan fingerprint density at radius 2 is 1.85 bits per heavy atom. The topological polar surface area (TPSA) is 31.2 Å². The number of hydrogen-bond donors (Lipinski definition) is 0. The average Bonchev–Trinajstić information content (AvgIpc) is 2.87. The summed E-state index contributed by atoms with van der Waals surface area (Å²) in [5.41, 5.74) is 5.35. The largest absolute Gasteiger partial charge is 0.491 e. The molecule has 1 heterocycles. The number of carbonyl (C=O) groups is 1. The van der Waals surface area contributed by atoms with E-state index in [-0.39, 0.29) is 5.78 Å². The van der Waals surface area contributed by atoms with Gasteiger partial charge in [0.05, 0.1) is 6.54 Å². The molecule has 0 unspecified atom stereocenters. The molecule has 136 valence electrons. The van der Waals surface area contributed by atoms with Crippen LogP contribution in [0, 0.1) is 13.8 Å². The molecule has 26 heavy (non-hydrogen) atoms. The Morgan fingerprint density at radius 3 is 2.54 bits per heavy atom. The molecule has 3 nitrogen and oxygen atoms in total. The first kappa shape index (κ1) is 18.2. The molecule has 0 aliphatic carbocycles. The number of benzene rings is 2. The van der Waals surface area contributed by atoms with Crippen molar-refractivity contribution in [2.24, 2.45) is 0 Å². The summed E-state index contributed by atoms with van der Waals surface area (Å²) in [7, 11) is 0. The maximum absolute atomic E-state index is 12.1. The predicted molar refractivity (Wildman–Crippen MR) is 107 cm³/mol. The Kier molecular flexibility index (Phi) is 5.17. The summed E-state index contributed by atoms with van der Waals surface area (Å²) in [5, 5.41) is 1.02. The van der Waals surface area contributed by atoms with Gasteiger partial charge in [-0.1, -0.05) is 44.2 Å². The van der Waals surface area contributed by atoms with Gasteiger partial charge in [-0.15, -0.1) is 0 Å². The summed E-state index contributed by atoms with van der Waals surface area (Å²) in [6, 6.07) is 14.5. The van der Waals surface area contributed by atoms with Crippen LogP contribution in [0.15, 0.2) is 42.5 Å². The second-order valence-corrected chi connectivity index (χ2v) is 7.23. The Labute approximate surface area is 155 Å². The van der Waals surface area contributed by atoms with Crippen molar-refractivity contribution in [3.63, 3.8) is 0 Å². The minimum Gasteiger partial charge on any atom is -0.491 e. The number of para-hydroxylation sites is 1. The highest BCUT2D eigenvalue weighted by molar-refractivity contribution is 6.08. The fraction of sp³-hybridized carbons (Fsp3) is 0.348. The van der Waals surface area contributed by atoms with Gasteiger partial charge in [0.1, 0.15) is 12.4 Å². The van der Waals surface area contributed by atoms with Crippen molar-refractivity contribution in [1.29, 1.82) is 0 Å². The van der Waals surface area contributed by atoms with Gasteiger partial charge in [-0.2, -0.15) is 0 Å². The van der Waals surface area contributed by atoms with Crippen LogP contribution in [0.1, 0.15) is 53.9 Å². The predicted octanol–water partition coefficient (Wildman–Crippen LogP) is 5.66. The summed E-state index contributed by atoms with van der Waals surface area (Å²) in [5.74, 6) is 1.49. The van der Waals surface area contributed by atoms with E-state index in [1.54, 1.807) is 6.92 Å². The van der Waals surface area contributed by atoms with Crippen LogP contribution < -0.4 is 4.74 Å². The molecule has 0 fully saturated rings. The summed E-state index contributed by atoms with van der Waals surface area (Å²) >= 11 is 0. The molecule has 2 aromatic carbocycles. The third-order valence-electron chi connectivity index (χ3n) is 4.95. The maximum Gasteiger partial charge on any atom is 0.162 e. The van der Waals surface area contributed by atoms with E-state index in [0.29, 0.717) is 19.1 Å². The number of rotatable bonds is 6. The second-order valence-electron chi connectivity index (χ2n) is 7.23. The van der Waals surface area contributed by atoms with E-state index >= 15 is 0 Å². The molecule has 0 bridgehead atoms. The molecular formula is C23H27NO2. The zero-order valence-electron chi connectivity index (χ0n) is 16.3. The van der Waals surface area contributed by atoms with Gasteiger partial charge in [-0.3, -0.25) is 4.79 Å². The lowest BCUT2D eigenvalue weighted by molar-refractivity contribution is 0.101. The van der Waals surface area contributed by atoms with E-state index in [0.717, 1.165) is 27.9 Å². The number of ketones is 1. The lowest BCUT2D eigenvalue weighted by Crippen LogP contribution is -2.11. The second kappa shape index (κ2) is 7.36. The van der Waals surface area contributed by atoms with Crippen LogP contribution in [0.3, 0.4) is 0 Å². The Morgan fingerprint density at radius 1 is 1.12 bits per heavy atom. The monoisotopic (exact) mass is 349 g/mol. The molecule has 0 spiro atoms.